The van der Waals surface area contributed by atoms with E-state index in [1.54, 1.807) is 7.11 Å². The van der Waals surface area contributed by atoms with Crippen LogP contribution in [0.2, 0.25) is 0 Å². The number of hydrogen-bond donors (Lipinski definition) is 2. The van der Waals surface area contributed by atoms with Crippen molar-refractivity contribution < 1.29 is 4.74 Å². The van der Waals surface area contributed by atoms with Crippen LogP contribution in [0, 0.1) is 0 Å². The molecule has 7 heteroatoms. The Hall–Kier alpha value is -2.16. The average Bonchev–Trinajstić information content (AvgIpc) is 3.19. The third kappa shape index (κ3) is 6.16. The fourth-order valence-electron chi connectivity index (χ4n) is 3.51. The largest absolute Gasteiger partial charge is 0.495 e. The highest BCUT2D eigenvalue weighted by atomic mass is 127. The SMILES string of the molecule is CN=C(NCc1cccc(N(C)C)c1)NC1CCN(c2ccccc2OC)C1.I. The van der Waals surface area contributed by atoms with E-state index in [1.807, 2.05) is 19.2 Å². The van der Waals surface area contributed by atoms with Crippen molar-refractivity contribution in [2.45, 2.75) is 19.0 Å². The molecule has 158 valence electrons. The Morgan fingerprint density at radius 3 is 2.72 bits per heavy atom. The lowest BCUT2D eigenvalue weighted by molar-refractivity contribution is 0.415. The molecule has 1 unspecified atom stereocenters. The van der Waals surface area contributed by atoms with Crippen LogP contribution in [0.25, 0.3) is 0 Å². The van der Waals surface area contributed by atoms with Crippen molar-refractivity contribution in [3.63, 3.8) is 0 Å². The van der Waals surface area contributed by atoms with Crippen molar-refractivity contribution in [3.05, 3.63) is 54.1 Å². The van der Waals surface area contributed by atoms with Crippen LogP contribution in [-0.4, -0.2) is 53.3 Å². The topological polar surface area (TPSA) is 52.1 Å². The number of ether oxygens (including phenoxy) is 1. The number of nitrogens with zero attached hydrogens (tertiary/aromatic N) is 3. The fraction of sp³-hybridized carbons (Fsp3) is 0.409. The second kappa shape index (κ2) is 11.1. The average molecular weight is 509 g/mol. The number of rotatable bonds is 6. The molecule has 2 N–H and O–H groups in total. The minimum absolute atomic E-state index is 0. The zero-order chi connectivity index (χ0) is 19.9. The van der Waals surface area contributed by atoms with Crippen LogP contribution in [0.1, 0.15) is 12.0 Å². The van der Waals surface area contributed by atoms with Gasteiger partial charge in [0.1, 0.15) is 5.75 Å². The third-order valence-corrected chi connectivity index (χ3v) is 5.07. The van der Waals surface area contributed by atoms with Crippen LogP contribution in [0.5, 0.6) is 5.75 Å². The lowest BCUT2D eigenvalue weighted by Gasteiger charge is -2.22. The molecule has 0 amide bonds. The molecule has 1 atom stereocenters. The van der Waals surface area contributed by atoms with Crippen molar-refractivity contribution in [2.75, 3.05) is 51.1 Å². The van der Waals surface area contributed by atoms with Crippen LogP contribution in [0.15, 0.2) is 53.5 Å². The van der Waals surface area contributed by atoms with Gasteiger partial charge in [-0.1, -0.05) is 24.3 Å². The molecule has 3 rings (SSSR count). The van der Waals surface area contributed by atoms with Crippen molar-refractivity contribution >= 4 is 41.3 Å². The molecule has 1 heterocycles. The van der Waals surface area contributed by atoms with Gasteiger partial charge in [0.15, 0.2) is 5.96 Å². The molecule has 1 aliphatic heterocycles. The van der Waals surface area contributed by atoms with E-state index in [2.05, 4.69) is 75.9 Å². The summed E-state index contributed by atoms with van der Waals surface area (Å²) in [5.41, 5.74) is 3.58. The summed E-state index contributed by atoms with van der Waals surface area (Å²) < 4.78 is 5.51. The van der Waals surface area contributed by atoms with Gasteiger partial charge in [0.25, 0.3) is 0 Å². The molecule has 6 nitrogen and oxygen atoms in total. The highest BCUT2D eigenvalue weighted by Gasteiger charge is 2.25. The lowest BCUT2D eigenvalue weighted by Crippen LogP contribution is -2.44. The molecular formula is C22H32IN5O. The summed E-state index contributed by atoms with van der Waals surface area (Å²) in [5.74, 6) is 1.76. The number of para-hydroxylation sites is 2. The molecule has 2 aromatic rings. The van der Waals surface area contributed by atoms with Gasteiger partial charge in [-0.05, 0) is 36.2 Å². The number of anilines is 2. The summed E-state index contributed by atoms with van der Waals surface area (Å²) >= 11 is 0. The van der Waals surface area contributed by atoms with E-state index in [-0.39, 0.29) is 24.0 Å². The number of methoxy groups -OCH3 is 1. The maximum absolute atomic E-state index is 5.51. The smallest absolute Gasteiger partial charge is 0.191 e. The Morgan fingerprint density at radius 2 is 2.00 bits per heavy atom. The molecule has 1 fully saturated rings. The first kappa shape index (κ1) is 23.1. The molecule has 0 bridgehead atoms. The minimum Gasteiger partial charge on any atom is -0.495 e. The molecule has 0 aliphatic carbocycles. The first-order valence-electron chi connectivity index (χ1n) is 9.72. The first-order chi connectivity index (χ1) is 13.6. The summed E-state index contributed by atoms with van der Waals surface area (Å²) in [4.78, 5) is 8.87. The van der Waals surface area contributed by atoms with E-state index in [0.717, 1.165) is 43.5 Å². The fourth-order valence-corrected chi connectivity index (χ4v) is 3.51. The Balaban J connectivity index is 0.00000300. The van der Waals surface area contributed by atoms with E-state index in [4.69, 9.17) is 4.74 Å². The van der Waals surface area contributed by atoms with Crippen molar-refractivity contribution in [3.8, 4) is 5.75 Å². The van der Waals surface area contributed by atoms with E-state index < -0.39 is 0 Å². The zero-order valence-corrected chi connectivity index (χ0v) is 20.0. The van der Waals surface area contributed by atoms with Crippen molar-refractivity contribution in [1.29, 1.82) is 0 Å². The van der Waals surface area contributed by atoms with Gasteiger partial charge < -0.3 is 25.2 Å². The van der Waals surface area contributed by atoms with E-state index in [1.165, 1.54) is 11.3 Å². The zero-order valence-electron chi connectivity index (χ0n) is 17.7. The predicted molar refractivity (Wildman–Crippen MR) is 133 cm³/mol. The van der Waals surface area contributed by atoms with E-state index >= 15 is 0 Å². The van der Waals surface area contributed by atoms with E-state index in [9.17, 15) is 0 Å². The number of guanidine groups is 1. The maximum Gasteiger partial charge on any atom is 0.191 e. The number of halogens is 1. The highest BCUT2D eigenvalue weighted by Crippen LogP contribution is 2.30. The summed E-state index contributed by atoms with van der Waals surface area (Å²) in [5, 5.41) is 6.99. The molecule has 2 aromatic carbocycles. The second-order valence-corrected chi connectivity index (χ2v) is 7.24. The molecule has 1 aliphatic rings. The minimum atomic E-state index is 0. The molecule has 29 heavy (non-hydrogen) atoms. The Morgan fingerprint density at radius 1 is 1.21 bits per heavy atom. The van der Waals surface area contributed by atoms with Crippen molar-refractivity contribution in [1.82, 2.24) is 10.6 Å². The number of aliphatic imine (C=N–C) groups is 1. The quantitative estimate of drug-likeness (QED) is 0.356. The molecule has 1 saturated heterocycles. The van der Waals surface area contributed by atoms with Gasteiger partial charge >= 0.3 is 0 Å². The lowest BCUT2D eigenvalue weighted by atomic mass is 10.2. The normalized spacial score (nSPS) is 16.2. The van der Waals surface area contributed by atoms with Crippen LogP contribution in [0.3, 0.4) is 0 Å². The van der Waals surface area contributed by atoms with Gasteiger partial charge in [-0.3, -0.25) is 4.99 Å². The summed E-state index contributed by atoms with van der Waals surface area (Å²) in [6.45, 7) is 2.67. The van der Waals surface area contributed by atoms with Crippen LogP contribution < -0.4 is 25.2 Å². The number of hydrogen-bond acceptors (Lipinski definition) is 4. The molecule has 0 aromatic heterocycles. The maximum atomic E-state index is 5.51. The van der Waals surface area contributed by atoms with Gasteiger partial charge in [-0.2, -0.15) is 0 Å². The highest BCUT2D eigenvalue weighted by molar-refractivity contribution is 14.0. The van der Waals surface area contributed by atoms with Gasteiger partial charge in [0.05, 0.1) is 12.8 Å². The summed E-state index contributed by atoms with van der Waals surface area (Å²) in [6.07, 6.45) is 1.06. The Bertz CT molecular complexity index is 811. The first-order valence-corrected chi connectivity index (χ1v) is 9.72. The standard InChI is InChI=1S/C22H31N5O.HI/c1-23-22(24-15-17-8-7-9-19(14-17)26(2)3)25-18-12-13-27(16-18)20-10-5-6-11-21(20)28-4;/h5-11,14,18H,12-13,15-16H2,1-4H3,(H2,23,24,25);1H. The van der Waals surface area contributed by atoms with Gasteiger partial charge in [0.2, 0.25) is 0 Å². The third-order valence-electron chi connectivity index (χ3n) is 5.07. The summed E-state index contributed by atoms with van der Waals surface area (Å²) in [6, 6.07) is 17.1. The predicted octanol–water partition coefficient (Wildman–Crippen LogP) is 3.32. The Labute approximate surface area is 191 Å². The monoisotopic (exact) mass is 509 g/mol. The van der Waals surface area contributed by atoms with Crippen LogP contribution in [0.4, 0.5) is 11.4 Å². The van der Waals surface area contributed by atoms with Gasteiger partial charge in [-0.25, -0.2) is 0 Å². The van der Waals surface area contributed by atoms with Gasteiger partial charge in [-0.15, -0.1) is 24.0 Å². The van der Waals surface area contributed by atoms with Crippen LogP contribution in [-0.2, 0) is 6.54 Å². The van der Waals surface area contributed by atoms with Crippen molar-refractivity contribution in [2.24, 2.45) is 4.99 Å². The summed E-state index contributed by atoms with van der Waals surface area (Å²) in [7, 11) is 7.65. The van der Waals surface area contributed by atoms with E-state index in [0.29, 0.717) is 6.04 Å². The second-order valence-electron chi connectivity index (χ2n) is 7.24. The molecule has 0 saturated carbocycles. The number of benzene rings is 2. The van der Waals surface area contributed by atoms with Crippen LogP contribution >= 0.6 is 24.0 Å². The molecule has 0 spiro atoms. The Kier molecular flexibility index (Phi) is 8.88. The molecular weight excluding hydrogens is 477 g/mol. The molecule has 0 radical (unpaired) electrons. The van der Waals surface area contributed by atoms with Gasteiger partial charge in [0, 0.05) is 52.5 Å². The number of nitrogens with one attached hydrogen (secondary N) is 2.